The summed E-state index contributed by atoms with van der Waals surface area (Å²) in [6, 6.07) is 18.0. The smallest absolute Gasteiger partial charge is 0.306 e. The Labute approximate surface area is 153 Å². The average molecular weight is 352 g/mol. The first-order valence-corrected chi connectivity index (χ1v) is 8.98. The standard InChI is InChI=1S/C21H24N2O3/c24-20(15-23-12-10-17(11-13-23)21(25)26)22-19-9-5-4-8-18(19)14-16-6-2-1-3-7-16/h1-9,17H,10-15H2,(H,22,24)(H,25,26). The van der Waals surface area contributed by atoms with E-state index < -0.39 is 5.97 Å². The Kier molecular flexibility index (Phi) is 6.02. The third kappa shape index (κ3) is 4.92. The second-order valence-corrected chi connectivity index (χ2v) is 6.76. The molecule has 136 valence electrons. The van der Waals surface area contributed by atoms with Gasteiger partial charge in [0.25, 0.3) is 0 Å². The second kappa shape index (κ2) is 8.63. The Morgan fingerprint density at radius 3 is 2.35 bits per heavy atom. The first kappa shape index (κ1) is 18.1. The van der Waals surface area contributed by atoms with Crippen LogP contribution in [-0.4, -0.2) is 41.5 Å². The van der Waals surface area contributed by atoms with Crippen LogP contribution in [0.3, 0.4) is 0 Å². The van der Waals surface area contributed by atoms with Crippen LogP contribution < -0.4 is 5.32 Å². The number of nitrogens with zero attached hydrogens (tertiary/aromatic N) is 1. The van der Waals surface area contributed by atoms with Gasteiger partial charge in [0.15, 0.2) is 0 Å². The molecule has 1 aliphatic heterocycles. The highest BCUT2D eigenvalue weighted by Crippen LogP contribution is 2.20. The Bertz CT molecular complexity index is 753. The molecule has 2 aromatic rings. The van der Waals surface area contributed by atoms with Crippen molar-refractivity contribution in [2.75, 3.05) is 25.0 Å². The lowest BCUT2D eigenvalue weighted by atomic mass is 9.97. The van der Waals surface area contributed by atoms with Crippen molar-refractivity contribution in [3.8, 4) is 0 Å². The third-order valence-electron chi connectivity index (χ3n) is 4.83. The molecule has 2 aromatic carbocycles. The van der Waals surface area contributed by atoms with E-state index in [4.69, 9.17) is 5.11 Å². The van der Waals surface area contributed by atoms with Gasteiger partial charge in [0, 0.05) is 5.69 Å². The number of anilines is 1. The normalized spacial score (nSPS) is 15.5. The Hall–Kier alpha value is -2.66. The molecule has 1 saturated heterocycles. The minimum absolute atomic E-state index is 0.0562. The van der Waals surface area contributed by atoms with E-state index in [1.165, 1.54) is 5.56 Å². The summed E-state index contributed by atoms with van der Waals surface area (Å²) in [6.07, 6.45) is 1.97. The zero-order valence-corrected chi connectivity index (χ0v) is 14.7. The van der Waals surface area contributed by atoms with Gasteiger partial charge in [-0.05, 0) is 49.5 Å². The summed E-state index contributed by atoms with van der Waals surface area (Å²) in [5.41, 5.74) is 3.11. The lowest BCUT2D eigenvalue weighted by Gasteiger charge is -2.29. The molecule has 2 N–H and O–H groups in total. The van der Waals surface area contributed by atoms with Crippen LogP contribution in [0.1, 0.15) is 24.0 Å². The third-order valence-corrected chi connectivity index (χ3v) is 4.83. The number of hydrogen-bond donors (Lipinski definition) is 2. The first-order valence-electron chi connectivity index (χ1n) is 8.98. The van der Waals surface area contributed by atoms with Crippen molar-refractivity contribution in [3.63, 3.8) is 0 Å². The molecule has 0 aromatic heterocycles. The number of amides is 1. The van der Waals surface area contributed by atoms with Gasteiger partial charge in [0.05, 0.1) is 12.5 Å². The number of piperidine rings is 1. The Morgan fingerprint density at radius 1 is 1.00 bits per heavy atom. The molecule has 0 bridgehead atoms. The highest BCUT2D eigenvalue weighted by Gasteiger charge is 2.25. The monoisotopic (exact) mass is 352 g/mol. The zero-order chi connectivity index (χ0) is 18.4. The number of likely N-dealkylation sites (tertiary alicyclic amines) is 1. The molecule has 5 nitrogen and oxygen atoms in total. The number of benzene rings is 2. The molecule has 0 atom stereocenters. The number of nitrogens with one attached hydrogen (secondary N) is 1. The summed E-state index contributed by atoms with van der Waals surface area (Å²) in [7, 11) is 0. The summed E-state index contributed by atoms with van der Waals surface area (Å²) in [4.78, 5) is 25.5. The average Bonchev–Trinajstić information content (AvgIpc) is 2.64. The van der Waals surface area contributed by atoms with Gasteiger partial charge in [-0.1, -0.05) is 48.5 Å². The fraction of sp³-hybridized carbons (Fsp3) is 0.333. The molecular formula is C21H24N2O3. The summed E-state index contributed by atoms with van der Waals surface area (Å²) in [5.74, 6) is -1.07. The molecule has 1 amide bonds. The summed E-state index contributed by atoms with van der Waals surface area (Å²) in [5, 5.41) is 12.1. The number of carboxylic acids is 1. The minimum Gasteiger partial charge on any atom is -0.481 e. The first-order chi connectivity index (χ1) is 12.6. The molecule has 1 heterocycles. The predicted molar refractivity (Wildman–Crippen MR) is 101 cm³/mol. The Balaban J connectivity index is 1.57. The number of carbonyl (C=O) groups excluding carboxylic acids is 1. The fourth-order valence-corrected chi connectivity index (χ4v) is 3.34. The molecule has 0 unspecified atom stereocenters. The highest BCUT2D eigenvalue weighted by atomic mass is 16.4. The number of hydrogen-bond acceptors (Lipinski definition) is 3. The summed E-state index contributed by atoms with van der Waals surface area (Å²) in [6.45, 7) is 1.60. The second-order valence-electron chi connectivity index (χ2n) is 6.76. The zero-order valence-electron chi connectivity index (χ0n) is 14.7. The van der Waals surface area contributed by atoms with Crippen molar-refractivity contribution < 1.29 is 14.7 Å². The van der Waals surface area contributed by atoms with Crippen LogP contribution in [0.4, 0.5) is 5.69 Å². The SMILES string of the molecule is O=C(CN1CCC(C(=O)O)CC1)Nc1ccccc1Cc1ccccc1. The van der Waals surface area contributed by atoms with Crippen LogP contribution >= 0.6 is 0 Å². The van der Waals surface area contributed by atoms with Crippen molar-refractivity contribution in [3.05, 3.63) is 65.7 Å². The van der Waals surface area contributed by atoms with Crippen LogP contribution in [0.15, 0.2) is 54.6 Å². The van der Waals surface area contributed by atoms with E-state index in [-0.39, 0.29) is 11.8 Å². The summed E-state index contributed by atoms with van der Waals surface area (Å²) < 4.78 is 0. The van der Waals surface area contributed by atoms with Crippen molar-refractivity contribution in [2.45, 2.75) is 19.3 Å². The molecule has 0 aliphatic carbocycles. The van der Waals surface area contributed by atoms with Crippen LogP contribution in [-0.2, 0) is 16.0 Å². The number of carboxylic acid groups (broad SMARTS) is 1. The van der Waals surface area contributed by atoms with E-state index in [0.29, 0.717) is 32.5 Å². The number of carbonyl (C=O) groups is 2. The quantitative estimate of drug-likeness (QED) is 0.838. The van der Waals surface area contributed by atoms with Crippen molar-refractivity contribution in [1.82, 2.24) is 4.90 Å². The number of aliphatic carboxylic acids is 1. The lowest BCUT2D eigenvalue weighted by Crippen LogP contribution is -2.40. The van der Waals surface area contributed by atoms with Crippen LogP contribution in [0.25, 0.3) is 0 Å². The van der Waals surface area contributed by atoms with Crippen LogP contribution in [0.5, 0.6) is 0 Å². The molecule has 0 saturated carbocycles. The van der Waals surface area contributed by atoms with Gasteiger partial charge in [-0.2, -0.15) is 0 Å². The molecule has 0 radical (unpaired) electrons. The van der Waals surface area contributed by atoms with E-state index in [1.54, 1.807) is 0 Å². The van der Waals surface area contributed by atoms with Crippen LogP contribution in [0.2, 0.25) is 0 Å². The van der Waals surface area contributed by atoms with Gasteiger partial charge >= 0.3 is 5.97 Å². The molecule has 1 fully saturated rings. The minimum atomic E-state index is -0.732. The molecular weight excluding hydrogens is 328 g/mol. The summed E-state index contributed by atoms with van der Waals surface area (Å²) >= 11 is 0. The van der Waals surface area contributed by atoms with Gasteiger partial charge < -0.3 is 10.4 Å². The maximum absolute atomic E-state index is 12.4. The van der Waals surface area contributed by atoms with E-state index in [2.05, 4.69) is 17.4 Å². The van der Waals surface area contributed by atoms with Gasteiger partial charge in [-0.3, -0.25) is 14.5 Å². The largest absolute Gasteiger partial charge is 0.481 e. The predicted octanol–water partition coefficient (Wildman–Crippen LogP) is 3.01. The molecule has 5 heteroatoms. The van der Waals surface area contributed by atoms with Gasteiger partial charge in [0.1, 0.15) is 0 Å². The molecule has 1 aliphatic rings. The van der Waals surface area contributed by atoms with Gasteiger partial charge in [-0.25, -0.2) is 0 Å². The fourth-order valence-electron chi connectivity index (χ4n) is 3.34. The van der Waals surface area contributed by atoms with E-state index in [1.807, 2.05) is 47.4 Å². The van der Waals surface area contributed by atoms with E-state index in [0.717, 1.165) is 17.7 Å². The Morgan fingerprint density at radius 2 is 1.65 bits per heavy atom. The van der Waals surface area contributed by atoms with E-state index in [9.17, 15) is 9.59 Å². The number of para-hydroxylation sites is 1. The number of rotatable bonds is 6. The van der Waals surface area contributed by atoms with Crippen molar-refractivity contribution in [1.29, 1.82) is 0 Å². The van der Waals surface area contributed by atoms with Crippen molar-refractivity contribution in [2.24, 2.45) is 5.92 Å². The van der Waals surface area contributed by atoms with E-state index >= 15 is 0 Å². The topological polar surface area (TPSA) is 69.6 Å². The lowest BCUT2D eigenvalue weighted by molar-refractivity contribution is -0.143. The van der Waals surface area contributed by atoms with Gasteiger partial charge in [-0.15, -0.1) is 0 Å². The van der Waals surface area contributed by atoms with Crippen LogP contribution in [0, 0.1) is 5.92 Å². The van der Waals surface area contributed by atoms with Gasteiger partial charge in [0.2, 0.25) is 5.91 Å². The molecule has 26 heavy (non-hydrogen) atoms. The molecule has 3 rings (SSSR count). The van der Waals surface area contributed by atoms with Crippen molar-refractivity contribution >= 4 is 17.6 Å². The maximum Gasteiger partial charge on any atom is 0.306 e. The molecule has 0 spiro atoms. The highest BCUT2D eigenvalue weighted by molar-refractivity contribution is 5.93. The maximum atomic E-state index is 12.4.